The van der Waals surface area contributed by atoms with Crippen LogP contribution in [0.5, 0.6) is 0 Å². The van der Waals surface area contributed by atoms with Gasteiger partial charge in [-0.05, 0) is 22.3 Å². The molecule has 3 aliphatic rings. The number of carbonyl (C=O) groups is 1. The van der Waals surface area contributed by atoms with Gasteiger partial charge >= 0.3 is 6.09 Å². The van der Waals surface area contributed by atoms with Crippen molar-refractivity contribution in [3.8, 4) is 11.1 Å². The number of benzene rings is 2. The van der Waals surface area contributed by atoms with E-state index in [1.165, 1.54) is 22.3 Å². The monoisotopic (exact) mass is 367 g/mol. The maximum absolute atomic E-state index is 12.6. The zero-order valence-corrected chi connectivity index (χ0v) is 14.8. The Morgan fingerprint density at radius 1 is 1.04 bits per heavy atom. The zero-order chi connectivity index (χ0) is 18.4. The lowest BCUT2D eigenvalue weighted by Crippen LogP contribution is -2.47. The highest BCUT2D eigenvalue weighted by molar-refractivity contribution is 5.79. The molecule has 1 aliphatic carbocycles. The number of hydrogen-bond acceptors (Lipinski definition) is 5. The summed E-state index contributed by atoms with van der Waals surface area (Å²) in [6.45, 7) is 0.881. The van der Waals surface area contributed by atoms with Gasteiger partial charge in [-0.15, -0.1) is 0 Å². The first kappa shape index (κ1) is 16.7. The van der Waals surface area contributed by atoms with E-state index in [1.54, 1.807) is 4.90 Å². The van der Waals surface area contributed by atoms with Gasteiger partial charge in [-0.1, -0.05) is 48.5 Å². The van der Waals surface area contributed by atoms with Crippen molar-refractivity contribution in [3.63, 3.8) is 0 Å². The topological polar surface area (TPSA) is 68.2 Å². The van der Waals surface area contributed by atoms with Crippen LogP contribution >= 0.6 is 0 Å². The van der Waals surface area contributed by atoms with Gasteiger partial charge in [0.25, 0.3) is 0 Å². The van der Waals surface area contributed by atoms with Gasteiger partial charge in [-0.2, -0.15) is 0 Å². The van der Waals surface area contributed by atoms with Crippen LogP contribution in [-0.2, 0) is 14.2 Å². The summed E-state index contributed by atoms with van der Waals surface area (Å²) in [5.41, 5.74) is 4.80. The molecule has 5 rings (SSSR count). The number of morpholine rings is 1. The molecule has 0 aromatic heterocycles. The van der Waals surface area contributed by atoms with Crippen molar-refractivity contribution in [1.29, 1.82) is 0 Å². The van der Waals surface area contributed by atoms with Crippen molar-refractivity contribution >= 4 is 6.09 Å². The van der Waals surface area contributed by atoms with E-state index < -0.39 is 6.29 Å². The lowest BCUT2D eigenvalue weighted by atomic mass is 9.98. The minimum Gasteiger partial charge on any atom is -0.448 e. The minimum absolute atomic E-state index is 0.0422. The van der Waals surface area contributed by atoms with Gasteiger partial charge < -0.3 is 24.2 Å². The summed E-state index contributed by atoms with van der Waals surface area (Å²) < 4.78 is 16.9. The van der Waals surface area contributed by atoms with Crippen molar-refractivity contribution in [2.24, 2.45) is 0 Å². The van der Waals surface area contributed by atoms with Crippen LogP contribution in [0.15, 0.2) is 48.5 Å². The molecule has 0 saturated carbocycles. The summed E-state index contributed by atoms with van der Waals surface area (Å²) in [5, 5.41) is 9.33. The van der Waals surface area contributed by atoms with Crippen LogP contribution in [0.4, 0.5) is 4.79 Å². The summed E-state index contributed by atoms with van der Waals surface area (Å²) in [4.78, 5) is 14.2. The van der Waals surface area contributed by atoms with E-state index >= 15 is 0 Å². The van der Waals surface area contributed by atoms with Crippen LogP contribution < -0.4 is 0 Å². The molecule has 6 nitrogen and oxygen atoms in total. The van der Waals surface area contributed by atoms with Crippen molar-refractivity contribution in [2.75, 3.05) is 26.3 Å². The highest BCUT2D eigenvalue weighted by atomic mass is 16.7. The number of carbonyl (C=O) groups excluding carboxylic acids is 1. The number of rotatable bonds is 3. The lowest BCUT2D eigenvalue weighted by molar-refractivity contribution is -0.107. The predicted molar refractivity (Wildman–Crippen MR) is 97.3 cm³/mol. The van der Waals surface area contributed by atoms with Gasteiger partial charge in [-0.25, -0.2) is 4.79 Å². The van der Waals surface area contributed by atoms with Gasteiger partial charge in [-0.3, -0.25) is 0 Å². The van der Waals surface area contributed by atoms with Crippen LogP contribution in [0.25, 0.3) is 11.1 Å². The SMILES string of the molecule is O=C(OCC1c2ccccc2-c2ccccc21)N1C[C@@H]2O[C@@H](CO)[C@H](C1)O2. The molecular formula is C21H21NO5. The fraction of sp³-hybridized carbons (Fsp3) is 0.381. The second-order valence-corrected chi connectivity index (χ2v) is 7.17. The molecule has 2 bridgehead atoms. The zero-order valence-electron chi connectivity index (χ0n) is 14.8. The lowest BCUT2D eigenvalue weighted by Gasteiger charge is -2.30. The Bertz CT molecular complexity index is 824. The Balaban J connectivity index is 1.30. The standard InChI is InChI=1S/C21H21NO5/c23-11-19-18-9-22(10-20(26-18)27-19)21(24)25-12-17-15-7-3-1-5-13(15)14-6-2-4-8-16(14)17/h1-8,17-20,23H,9-12H2/t18-,19-,20-/m0/s1. The van der Waals surface area contributed by atoms with E-state index in [9.17, 15) is 9.90 Å². The Kier molecular flexibility index (Phi) is 4.11. The smallest absolute Gasteiger partial charge is 0.410 e. The molecule has 1 amide bonds. The number of hydrogen-bond donors (Lipinski definition) is 1. The summed E-state index contributed by atoms with van der Waals surface area (Å²) in [7, 11) is 0. The molecule has 3 atom stereocenters. The number of aliphatic hydroxyl groups is 1. The average molecular weight is 367 g/mol. The molecule has 0 spiro atoms. The van der Waals surface area contributed by atoms with E-state index in [0.29, 0.717) is 19.7 Å². The number of nitrogens with zero attached hydrogens (tertiary/aromatic N) is 1. The van der Waals surface area contributed by atoms with Crippen molar-refractivity contribution < 1.29 is 24.1 Å². The Morgan fingerprint density at radius 2 is 1.70 bits per heavy atom. The van der Waals surface area contributed by atoms with Gasteiger partial charge in [0, 0.05) is 5.92 Å². The molecule has 2 aromatic rings. The number of ether oxygens (including phenoxy) is 3. The van der Waals surface area contributed by atoms with Gasteiger partial charge in [0.05, 0.1) is 19.7 Å². The highest BCUT2D eigenvalue weighted by Crippen LogP contribution is 2.44. The largest absolute Gasteiger partial charge is 0.448 e. The quantitative estimate of drug-likeness (QED) is 0.902. The number of fused-ring (bicyclic) bond motifs is 5. The van der Waals surface area contributed by atoms with E-state index in [0.717, 1.165) is 0 Å². The van der Waals surface area contributed by atoms with E-state index in [-0.39, 0.29) is 30.8 Å². The molecule has 0 radical (unpaired) electrons. The molecular weight excluding hydrogens is 346 g/mol. The molecule has 140 valence electrons. The molecule has 27 heavy (non-hydrogen) atoms. The third-order valence-electron chi connectivity index (χ3n) is 5.61. The maximum atomic E-state index is 12.6. The molecule has 1 N–H and O–H groups in total. The van der Waals surface area contributed by atoms with Gasteiger partial charge in [0.2, 0.25) is 0 Å². The third-order valence-corrected chi connectivity index (χ3v) is 5.61. The first-order chi connectivity index (χ1) is 13.2. The molecule has 2 aliphatic heterocycles. The summed E-state index contributed by atoms with van der Waals surface area (Å²) >= 11 is 0. The van der Waals surface area contributed by atoms with Crippen LogP contribution in [-0.4, -0.2) is 60.9 Å². The molecule has 6 heteroatoms. The first-order valence-corrected chi connectivity index (χ1v) is 9.26. The Hall–Kier alpha value is -2.41. The van der Waals surface area contributed by atoms with Gasteiger partial charge in [0.15, 0.2) is 6.29 Å². The fourth-order valence-corrected chi connectivity index (χ4v) is 4.31. The van der Waals surface area contributed by atoms with Crippen LogP contribution in [0.2, 0.25) is 0 Å². The molecule has 2 aromatic carbocycles. The van der Waals surface area contributed by atoms with E-state index in [4.69, 9.17) is 14.2 Å². The summed E-state index contributed by atoms with van der Waals surface area (Å²) in [6.07, 6.45) is -1.52. The van der Waals surface area contributed by atoms with Crippen molar-refractivity contribution in [1.82, 2.24) is 4.90 Å². The normalized spacial score (nSPS) is 26.0. The first-order valence-electron chi connectivity index (χ1n) is 9.26. The van der Waals surface area contributed by atoms with E-state index in [2.05, 4.69) is 24.3 Å². The highest BCUT2D eigenvalue weighted by Gasteiger charge is 2.44. The maximum Gasteiger partial charge on any atom is 0.410 e. The minimum atomic E-state index is -0.485. The van der Waals surface area contributed by atoms with Crippen molar-refractivity contribution in [2.45, 2.75) is 24.4 Å². The molecule has 2 fully saturated rings. The number of aliphatic hydroxyl groups excluding tert-OH is 1. The van der Waals surface area contributed by atoms with Crippen LogP contribution in [0, 0.1) is 0 Å². The molecule has 2 saturated heterocycles. The Labute approximate surface area is 157 Å². The summed E-state index contributed by atoms with van der Waals surface area (Å²) in [5.74, 6) is 0.0422. The molecule has 2 heterocycles. The third kappa shape index (κ3) is 2.81. The van der Waals surface area contributed by atoms with Gasteiger partial charge in [0.1, 0.15) is 18.8 Å². The van der Waals surface area contributed by atoms with Crippen LogP contribution in [0.1, 0.15) is 17.0 Å². The summed E-state index contributed by atoms with van der Waals surface area (Å²) in [6, 6.07) is 16.5. The van der Waals surface area contributed by atoms with E-state index in [1.807, 2.05) is 24.3 Å². The van der Waals surface area contributed by atoms with Crippen molar-refractivity contribution in [3.05, 3.63) is 59.7 Å². The number of amides is 1. The van der Waals surface area contributed by atoms with Crippen LogP contribution in [0.3, 0.4) is 0 Å². The molecule has 0 unspecified atom stereocenters. The second kappa shape index (κ2) is 6.64. The predicted octanol–water partition coefficient (Wildman–Crippen LogP) is 2.35. The fourth-order valence-electron chi connectivity index (χ4n) is 4.31. The second-order valence-electron chi connectivity index (χ2n) is 7.17. The Morgan fingerprint density at radius 3 is 2.37 bits per heavy atom. The average Bonchev–Trinajstić information content (AvgIpc) is 3.19.